The zero-order chi connectivity index (χ0) is 22.9. The minimum Gasteiger partial charge on any atom is -0.442 e. The van der Waals surface area contributed by atoms with Crippen LogP contribution in [0, 0.1) is 0 Å². The number of carbonyl (C=O) groups excluding carboxylic acids is 1. The number of carbonyl (C=O) groups is 1. The molecule has 1 amide bonds. The van der Waals surface area contributed by atoms with Crippen LogP contribution in [0.4, 0.5) is 4.79 Å². The Hall–Kier alpha value is -3.19. The highest BCUT2D eigenvalue weighted by Crippen LogP contribution is 2.40. The van der Waals surface area contributed by atoms with E-state index >= 15 is 0 Å². The number of nitrogens with one attached hydrogen (secondary N) is 2. The zero-order valence-electron chi connectivity index (χ0n) is 18.8. The molecule has 3 aromatic rings. The molecule has 0 spiro atoms. The van der Waals surface area contributed by atoms with E-state index in [0.29, 0.717) is 19.7 Å². The van der Waals surface area contributed by atoms with E-state index in [0.717, 1.165) is 16.7 Å². The third-order valence-corrected chi connectivity index (χ3v) is 5.86. The molecule has 1 saturated heterocycles. The van der Waals surface area contributed by atoms with E-state index in [9.17, 15) is 4.79 Å². The van der Waals surface area contributed by atoms with E-state index in [1.54, 1.807) is 7.11 Å². The van der Waals surface area contributed by atoms with Crippen molar-refractivity contribution in [2.24, 2.45) is 0 Å². The highest BCUT2D eigenvalue weighted by atomic mass is 16.6. The standard InChI is InChI=1S/C27H30N2O4/c1-31-18-17-28-19-24-25(33-26(30)29-24)20-32-27(21-11-5-2-6-12-21,22-13-7-3-8-14-22)23-15-9-4-10-16-23/h2-16,24-25,28H,17-20H2,1H3,(H,29,30)/t24-,25-/m1/s1. The van der Waals surface area contributed by atoms with Crippen molar-refractivity contribution in [1.29, 1.82) is 0 Å². The van der Waals surface area contributed by atoms with Crippen molar-refractivity contribution >= 4 is 6.09 Å². The maximum Gasteiger partial charge on any atom is 0.407 e. The first kappa shape index (κ1) is 23.0. The van der Waals surface area contributed by atoms with Gasteiger partial charge in [-0.1, -0.05) is 91.0 Å². The van der Waals surface area contributed by atoms with Crippen LogP contribution in [0.2, 0.25) is 0 Å². The summed E-state index contributed by atoms with van der Waals surface area (Å²) in [5.41, 5.74) is 2.17. The van der Waals surface area contributed by atoms with Gasteiger partial charge in [-0.2, -0.15) is 0 Å². The van der Waals surface area contributed by atoms with E-state index in [-0.39, 0.29) is 12.6 Å². The van der Waals surface area contributed by atoms with Gasteiger partial charge in [-0.05, 0) is 16.7 Å². The zero-order valence-corrected chi connectivity index (χ0v) is 18.8. The topological polar surface area (TPSA) is 68.8 Å². The molecule has 1 aliphatic heterocycles. The summed E-state index contributed by atoms with van der Waals surface area (Å²) < 4.78 is 17.5. The Kier molecular flexibility index (Phi) is 7.73. The van der Waals surface area contributed by atoms with E-state index in [1.807, 2.05) is 54.6 Å². The van der Waals surface area contributed by atoms with Crippen LogP contribution in [0.1, 0.15) is 16.7 Å². The minimum absolute atomic E-state index is 0.200. The van der Waals surface area contributed by atoms with Crippen LogP contribution in [0.5, 0.6) is 0 Å². The van der Waals surface area contributed by atoms with E-state index in [1.165, 1.54) is 0 Å². The molecule has 0 bridgehead atoms. The molecule has 172 valence electrons. The number of hydrogen-bond donors (Lipinski definition) is 2. The molecule has 0 saturated carbocycles. The highest BCUT2D eigenvalue weighted by Gasteiger charge is 2.41. The molecule has 2 atom stereocenters. The molecule has 1 aliphatic rings. The molecule has 6 heteroatoms. The Balaban J connectivity index is 1.66. The Morgan fingerprint density at radius 2 is 1.39 bits per heavy atom. The number of hydrogen-bond acceptors (Lipinski definition) is 5. The van der Waals surface area contributed by atoms with Crippen LogP contribution in [-0.2, 0) is 19.8 Å². The molecule has 1 fully saturated rings. The maximum absolute atomic E-state index is 12.0. The molecular weight excluding hydrogens is 416 g/mol. The van der Waals surface area contributed by atoms with Gasteiger partial charge in [-0.3, -0.25) is 0 Å². The molecule has 1 heterocycles. The average molecular weight is 447 g/mol. The number of ether oxygens (including phenoxy) is 3. The number of methoxy groups -OCH3 is 1. The van der Waals surface area contributed by atoms with E-state index in [2.05, 4.69) is 47.0 Å². The summed E-state index contributed by atoms with van der Waals surface area (Å²) in [6.45, 7) is 2.09. The number of rotatable bonds is 11. The summed E-state index contributed by atoms with van der Waals surface area (Å²) in [7, 11) is 1.66. The molecule has 0 radical (unpaired) electrons. The summed E-state index contributed by atoms with van der Waals surface area (Å²) in [4.78, 5) is 12.0. The first-order valence-corrected chi connectivity index (χ1v) is 11.2. The van der Waals surface area contributed by atoms with Gasteiger partial charge in [0.05, 0.1) is 19.3 Å². The second kappa shape index (κ2) is 11.1. The van der Waals surface area contributed by atoms with Crippen LogP contribution < -0.4 is 10.6 Å². The summed E-state index contributed by atoms with van der Waals surface area (Å²) >= 11 is 0. The lowest BCUT2D eigenvalue weighted by atomic mass is 9.80. The normalized spacial score (nSPS) is 18.0. The summed E-state index contributed by atoms with van der Waals surface area (Å²) in [6, 6.07) is 30.3. The highest BCUT2D eigenvalue weighted by molar-refractivity contribution is 5.70. The lowest BCUT2D eigenvalue weighted by Gasteiger charge is -2.37. The van der Waals surface area contributed by atoms with Crippen LogP contribution >= 0.6 is 0 Å². The average Bonchev–Trinajstić information content (AvgIpc) is 3.23. The number of cyclic esters (lactones) is 1. The largest absolute Gasteiger partial charge is 0.442 e. The quantitative estimate of drug-likeness (QED) is 0.347. The van der Waals surface area contributed by atoms with Gasteiger partial charge in [0.1, 0.15) is 11.7 Å². The van der Waals surface area contributed by atoms with Crippen molar-refractivity contribution in [3.63, 3.8) is 0 Å². The van der Waals surface area contributed by atoms with Crippen LogP contribution in [0.25, 0.3) is 0 Å². The van der Waals surface area contributed by atoms with Gasteiger partial charge in [0.25, 0.3) is 0 Å². The molecule has 6 nitrogen and oxygen atoms in total. The first-order chi connectivity index (χ1) is 16.2. The van der Waals surface area contributed by atoms with Crippen LogP contribution in [0.3, 0.4) is 0 Å². The second-order valence-electron chi connectivity index (χ2n) is 7.98. The predicted molar refractivity (Wildman–Crippen MR) is 127 cm³/mol. The molecule has 2 N–H and O–H groups in total. The van der Waals surface area contributed by atoms with Crippen molar-refractivity contribution < 1.29 is 19.0 Å². The lowest BCUT2D eigenvalue weighted by Crippen LogP contribution is -2.45. The van der Waals surface area contributed by atoms with Gasteiger partial charge in [-0.15, -0.1) is 0 Å². The Morgan fingerprint density at radius 1 is 0.879 bits per heavy atom. The molecular formula is C27H30N2O4. The first-order valence-electron chi connectivity index (χ1n) is 11.2. The third-order valence-electron chi connectivity index (χ3n) is 5.86. The summed E-state index contributed by atoms with van der Waals surface area (Å²) in [6.07, 6.45) is -0.852. The number of amides is 1. The smallest absolute Gasteiger partial charge is 0.407 e. The van der Waals surface area contributed by atoms with Crippen LogP contribution in [0.15, 0.2) is 91.0 Å². The minimum atomic E-state index is -0.854. The van der Waals surface area contributed by atoms with Crippen molar-refractivity contribution in [3.8, 4) is 0 Å². The predicted octanol–water partition coefficient (Wildman–Crippen LogP) is 3.71. The Bertz CT molecular complexity index is 902. The van der Waals surface area contributed by atoms with Crippen molar-refractivity contribution in [2.45, 2.75) is 17.7 Å². The second-order valence-corrected chi connectivity index (χ2v) is 7.98. The molecule has 4 rings (SSSR count). The summed E-state index contributed by atoms with van der Waals surface area (Å²) in [5, 5.41) is 6.19. The SMILES string of the molecule is COCCNC[C@H]1NC(=O)O[C@@H]1COC(c1ccccc1)(c1ccccc1)c1ccccc1. The van der Waals surface area contributed by atoms with Gasteiger partial charge < -0.3 is 24.8 Å². The van der Waals surface area contributed by atoms with Gasteiger partial charge in [0.15, 0.2) is 0 Å². The maximum atomic E-state index is 12.0. The van der Waals surface area contributed by atoms with E-state index < -0.39 is 17.8 Å². The van der Waals surface area contributed by atoms with Crippen molar-refractivity contribution in [2.75, 3.05) is 33.4 Å². The van der Waals surface area contributed by atoms with Crippen molar-refractivity contribution in [1.82, 2.24) is 10.6 Å². The molecule has 33 heavy (non-hydrogen) atoms. The van der Waals surface area contributed by atoms with Gasteiger partial charge in [-0.25, -0.2) is 4.79 Å². The van der Waals surface area contributed by atoms with Gasteiger partial charge in [0.2, 0.25) is 0 Å². The fraction of sp³-hybridized carbons (Fsp3) is 0.296. The van der Waals surface area contributed by atoms with Gasteiger partial charge in [0, 0.05) is 20.2 Å². The lowest BCUT2D eigenvalue weighted by molar-refractivity contribution is -0.0363. The number of alkyl carbamates (subject to hydrolysis) is 1. The van der Waals surface area contributed by atoms with E-state index in [4.69, 9.17) is 14.2 Å². The van der Waals surface area contributed by atoms with Crippen LogP contribution in [-0.4, -0.2) is 51.7 Å². The number of benzene rings is 3. The third kappa shape index (κ3) is 5.25. The monoisotopic (exact) mass is 446 g/mol. The molecule has 0 aromatic heterocycles. The Labute approximate surface area is 194 Å². The summed E-state index contributed by atoms with van der Waals surface area (Å²) in [5.74, 6) is 0. The van der Waals surface area contributed by atoms with Crippen molar-refractivity contribution in [3.05, 3.63) is 108 Å². The molecule has 3 aromatic carbocycles. The fourth-order valence-electron chi connectivity index (χ4n) is 4.24. The Morgan fingerprint density at radius 3 is 1.88 bits per heavy atom. The molecule has 0 unspecified atom stereocenters. The van der Waals surface area contributed by atoms with Gasteiger partial charge >= 0.3 is 6.09 Å². The molecule has 0 aliphatic carbocycles. The fourth-order valence-corrected chi connectivity index (χ4v) is 4.24.